The van der Waals surface area contributed by atoms with Gasteiger partial charge < -0.3 is 20.7 Å². The predicted molar refractivity (Wildman–Crippen MR) is 144 cm³/mol. The zero-order valence-corrected chi connectivity index (χ0v) is 20.4. The molecule has 2 aliphatic heterocycles. The van der Waals surface area contributed by atoms with Gasteiger partial charge in [-0.05, 0) is 72.4 Å². The van der Waals surface area contributed by atoms with Crippen LogP contribution in [0.1, 0.15) is 24.0 Å². The number of rotatable bonds is 8. The maximum Gasteiger partial charge on any atom is 0.130 e. The summed E-state index contributed by atoms with van der Waals surface area (Å²) in [5.74, 6) is 0.788. The van der Waals surface area contributed by atoms with Crippen LogP contribution in [-0.2, 0) is 6.54 Å². The van der Waals surface area contributed by atoms with Crippen LogP contribution in [0.2, 0.25) is 0 Å². The molecule has 2 saturated heterocycles. The fraction of sp³-hybridized carbons (Fsp3) is 0.357. The van der Waals surface area contributed by atoms with Gasteiger partial charge in [-0.2, -0.15) is 5.10 Å². The van der Waals surface area contributed by atoms with Crippen LogP contribution in [0.4, 0.5) is 5.69 Å². The van der Waals surface area contributed by atoms with E-state index in [1.54, 1.807) is 6.08 Å². The number of aryl methyl sites for hydroxylation is 1. The van der Waals surface area contributed by atoms with Crippen molar-refractivity contribution in [3.8, 4) is 16.9 Å². The van der Waals surface area contributed by atoms with Crippen molar-refractivity contribution in [1.29, 1.82) is 0 Å². The number of ether oxygens (including phenoxy) is 1. The highest BCUT2D eigenvalue weighted by molar-refractivity contribution is 5.98. The molecule has 0 saturated carbocycles. The number of anilines is 1. The van der Waals surface area contributed by atoms with Crippen LogP contribution in [-0.4, -0.2) is 49.7 Å². The lowest BCUT2D eigenvalue weighted by molar-refractivity contribution is 0.126. The van der Waals surface area contributed by atoms with E-state index < -0.39 is 0 Å². The quantitative estimate of drug-likeness (QED) is 0.337. The number of benzene rings is 2. The van der Waals surface area contributed by atoms with Crippen molar-refractivity contribution in [2.24, 2.45) is 16.1 Å². The molecule has 7 heteroatoms. The van der Waals surface area contributed by atoms with Gasteiger partial charge in [-0.25, -0.2) is 0 Å². The summed E-state index contributed by atoms with van der Waals surface area (Å²) in [6.07, 6.45) is 7.78. The number of H-pyrrole nitrogens is 1. The molecule has 7 nitrogen and oxygen atoms in total. The summed E-state index contributed by atoms with van der Waals surface area (Å²) >= 11 is 0. The van der Waals surface area contributed by atoms with Crippen molar-refractivity contribution in [3.05, 3.63) is 66.0 Å². The van der Waals surface area contributed by atoms with E-state index >= 15 is 0 Å². The SMILES string of the molecule is C=C/C=C(/COc1cc(-c2c(C)ccc3[nH]ncc23)c(CN)c(N2CCC3(CC2)CNC3)c1)N=C. The number of hydrogen-bond donors (Lipinski definition) is 3. The van der Waals surface area contributed by atoms with E-state index in [0.717, 1.165) is 70.9 Å². The number of allylic oxidation sites excluding steroid dienone is 2. The van der Waals surface area contributed by atoms with Crippen LogP contribution >= 0.6 is 0 Å². The lowest BCUT2D eigenvalue weighted by Gasteiger charge is -2.49. The number of piperidine rings is 1. The van der Waals surface area contributed by atoms with Crippen LogP contribution in [0, 0.1) is 12.3 Å². The Hall–Kier alpha value is -3.42. The first-order chi connectivity index (χ1) is 17.1. The Bertz CT molecular complexity index is 1280. The molecule has 0 atom stereocenters. The van der Waals surface area contributed by atoms with Gasteiger partial charge in [0.1, 0.15) is 12.4 Å². The summed E-state index contributed by atoms with van der Waals surface area (Å²) in [6, 6.07) is 8.45. The van der Waals surface area contributed by atoms with Crippen LogP contribution in [0.25, 0.3) is 22.0 Å². The Balaban J connectivity index is 1.60. The highest BCUT2D eigenvalue weighted by Gasteiger charge is 2.40. The van der Waals surface area contributed by atoms with Gasteiger partial charge in [0.25, 0.3) is 0 Å². The average molecular weight is 471 g/mol. The second kappa shape index (κ2) is 9.68. The zero-order valence-electron chi connectivity index (χ0n) is 20.4. The molecule has 0 amide bonds. The summed E-state index contributed by atoms with van der Waals surface area (Å²) in [7, 11) is 0. The molecule has 0 radical (unpaired) electrons. The van der Waals surface area contributed by atoms with E-state index in [1.165, 1.54) is 18.4 Å². The lowest BCUT2D eigenvalue weighted by Crippen LogP contribution is -2.58. The summed E-state index contributed by atoms with van der Waals surface area (Å²) < 4.78 is 6.26. The first-order valence-electron chi connectivity index (χ1n) is 12.2. The molecule has 4 N–H and O–H groups in total. The molecule has 2 aromatic carbocycles. The third kappa shape index (κ3) is 4.37. The molecular formula is C28H34N6O. The minimum absolute atomic E-state index is 0.319. The van der Waals surface area contributed by atoms with Gasteiger partial charge in [0, 0.05) is 49.9 Å². The number of aromatic nitrogens is 2. The van der Waals surface area contributed by atoms with Gasteiger partial charge in [-0.15, -0.1) is 0 Å². The largest absolute Gasteiger partial charge is 0.487 e. The number of nitrogens with zero attached hydrogens (tertiary/aromatic N) is 3. The Morgan fingerprint density at radius 3 is 2.74 bits per heavy atom. The van der Waals surface area contributed by atoms with Crippen molar-refractivity contribution in [3.63, 3.8) is 0 Å². The fourth-order valence-corrected chi connectivity index (χ4v) is 5.41. The molecule has 1 aromatic heterocycles. The van der Waals surface area contributed by atoms with Gasteiger partial charge in [0.05, 0.1) is 17.4 Å². The van der Waals surface area contributed by atoms with E-state index in [1.807, 2.05) is 12.3 Å². The van der Waals surface area contributed by atoms with Crippen LogP contribution in [0.3, 0.4) is 0 Å². The summed E-state index contributed by atoms with van der Waals surface area (Å²) in [4.78, 5) is 6.55. The van der Waals surface area contributed by atoms with Gasteiger partial charge in [-0.3, -0.25) is 10.1 Å². The molecule has 0 bridgehead atoms. The van der Waals surface area contributed by atoms with Crippen molar-refractivity contribution in [2.45, 2.75) is 26.3 Å². The topological polar surface area (TPSA) is 91.6 Å². The maximum absolute atomic E-state index is 6.44. The normalized spacial score (nSPS) is 17.4. The maximum atomic E-state index is 6.44. The average Bonchev–Trinajstić information content (AvgIpc) is 3.34. The summed E-state index contributed by atoms with van der Waals surface area (Å²) in [5.41, 5.74) is 14.4. The standard InChI is InChI=1S/C28H34N6O/c1-4-5-20(30-3)16-35-21-12-22(27-19(2)6-7-25-24(27)15-32-33-25)23(14-29)26(13-21)34-10-8-28(9-11-34)17-31-18-28/h4-7,12-13,15,31H,1,3,8-11,14,16-18,29H2,2H3,(H,32,33)/b20-5-. The van der Waals surface area contributed by atoms with Crippen molar-refractivity contribution >= 4 is 23.3 Å². The molecule has 3 aromatic rings. The fourth-order valence-electron chi connectivity index (χ4n) is 5.41. The molecule has 2 fully saturated rings. The molecule has 5 rings (SSSR count). The van der Waals surface area contributed by atoms with Crippen molar-refractivity contribution in [2.75, 3.05) is 37.7 Å². The highest BCUT2D eigenvalue weighted by Crippen LogP contribution is 2.43. The Labute approximate surface area is 206 Å². The van der Waals surface area contributed by atoms with Crippen molar-refractivity contribution in [1.82, 2.24) is 15.5 Å². The third-order valence-electron chi connectivity index (χ3n) is 7.57. The molecule has 3 heterocycles. The van der Waals surface area contributed by atoms with Crippen molar-refractivity contribution < 1.29 is 4.74 Å². The van der Waals surface area contributed by atoms with E-state index in [-0.39, 0.29) is 0 Å². The molecule has 182 valence electrons. The minimum Gasteiger partial charge on any atom is -0.487 e. The number of aliphatic imine (C=N–C) groups is 1. The molecule has 35 heavy (non-hydrogen) atoms. The Morgan fingerprint density at radius 1 is 1.29 bits per heavy atom. The molecule has 0 unspecified atom stereocenters. The number of aromatic amines is 1. The van der Waals surface area contributed by atoms with Crippen LogP contribution < -0.4 is 20.7 Å². The van der Waals surface area contributed by atoms with Gasteiger partial charge >= 0.3 is 0 Å². The number of fused-ring (bicyclic) bond motifs is 1. The first-order valence-corrected chi connectivity index (χ1v) is 12.2. The second-order valence-corrected chi connectivity index (χ2v) is 9.69. The molecule has 0 aliphatic carbocycles. The number of hydrogen-bond acceptors (Lipinski definition) is 6. The second-order valence-electron chi connectivity index (χ2n) is 9.69. The summed E-state index contributed by atoms with van der Waals surface area (Å²) in [6.45, 7) is 14.6. The smallest absolute Gasteiger partial charge is 0.130 e. The van der Waals surface area contributed by atoms with E-state index in [9.17, 15) is 0 Å². The van der Waals surface area contributed by atoms with Gasteiger partial charge in [-0.1, -0.05) is 18.7 Å². The van der Waals surface area contributed by atoms with E-state index in [4.69, 9.17) is 10.5 Å². The monoisotopic (exact) mass is 470 g/mol. The summed E-state index contributed by atoms with van der Waals surface area (Å²) in [5, 5.41) is 12.0. The van der Waals surface area contributed by atoms with E-state index in [2.05, 4.69) is 69.9 Å². The Morgan fingerprint density at radius 2 is 2.09 bits per heavy atom. The molecular weight excluding hydrogens is 436 g/mol. The predicted octanol–water partition coefficient (Wildman–Crippen LogP) is 4.34. The Kier molecular flexibility index (Phi) is 6.45. The minimum atomic E-state index is 0.319. The first kappa shape index (κ1) is 23.3. The van der Waals surface area contributed by atoms with Gasteiger partial charge in [0.2, 0.25) is 0 Å². The molecule has 1 spiro atoms. The van der Waals surface area contributed by atoms with Gasteiger partial charge in [0.15, 0.2) is 0 Å². The number of nitrogens with one attached hydrogen (secondary N) is 2. The highest BCUT2D eigenvalue weighted by atomic mass is 16.5. The van der Waals surface area contributed by atoms with E-state index in [0.29, 0.717) is 18.6 Å². The third-order valence-corrected chi connectivity index (χ3v) is 7.57. The zero-order chi connectivity index (χ0) is 24.4. The molecule has 2 aliphatic rings. The number of nitrogens with two attached hydrogens (primary N) is 1. The van der Waals surface area contributed by atoms with Crippen LogP contribution in [0.5, 0.6) is 5.75 Å². The van der Waals surface area contributed by atoms with Crippen LogP contribution in [0.15, 0.2) is 59.9 Å². The lowest BCUT2D eigenvalue weighted by atomic mass is 9.73.